The lowest BCUT2D eigenvalue weighted by atomic mass is 9.86. The van der Waals surface area contributed by atoms with Gasteiger partial charge < -0.3 is 20.1 Å². The van der Waals surface area contributed by atoms with E-state index < -0.39 is 4.92 Å². The number of hydrogen-bond acceptors (Lipinski definition) is 8. The van der Waals surface area contributed by atoms with Crippen molar-refractivity contribution in [1.29, 1.82) is 0 Å². The largest absolute Gasteiger partial charge is 0.493 e. The second-order valence-corrected chi connectivity index (χ2v) is 9.33. The minimum absolute atomic E-state index is 0.195. The molecular formula is C27H29N5O5. The Morgan fingerprint density at radius 3 is 2.81 bits per heavy atom. The first-order valence-corrected chi connectivity index (χ1v) is 12.6. The van der Waals surface area contributed by atoms with Gasteiger partial charge in [-0.3, -0.25) is 14.9 Å². The van der Waals surface area contributed by atoms with Gasteiger partial charge in [0.1, 0.15) is 5.75 Å². The molecule has 1 saturated carbocycles. The third-order valence-electron chi connectivity index (χ3n) is 6.66. The first kappa shape index (κ1) is 24.6. The summed E-state index contributed by atoms with van der Waals surface area (Å²) >= 11 is 0. The molecule has 10 nitrogen and oxygen atoms in total. The first-order chi connectivity index (χ1) is 18.1. The van der Waals surface area contributed by atoms with Crippen LogP contribution < -0.4 is 15.4 Å². The van der Waals surface area contributed by atoms with Gasteiger partial charge in [-0.05, 0) is 68.0 Å². The van der Waals surface area contributed by atoms with E-state index in [1.807, 2.05) is 18.2 Å². The molecule has 10 heteroatoms. The third kappa shape index (κ3) is 6.03. The van der Waals surface area contributed by atoms with E-state index in [1.54, 1.807) is 18.2 Å². The van der Waals surface area contributed by atoms with Gasteiger partial charge in [0, 0.05) is 42.2 Å². The molecule has 0 unspecified atom stereocenters. The van der Waals surface area contributed by atoms with E-state index in [2.05, 4.69) is 20.6 Å². The van der Waals surface area contributed by atoms with Crippen molar-refractivity contribution in [3.8, 4) is 17.0 Å². The van der Waals surface area contributed by atoms with E-state index in [1.165, 1.54) is 31.5 Å². The summed E-state index contributed by atoms with van der Waals surface area (Å²) in [7, 11) is 0. The Bertz CT molecular complexity index is 1290. The number of anilines is 2. The van der Waals surface area contributed by atoms with E-state index in [0.717, 1.165) is 29.8 Å². The van der Waals surface area contributed by atoms with Crippen molar-refractivity contribution in [2.24, 2.45) is 5.92 Å². The van der Waals surface area contributed by atoms with Crippen molar-refractivity contribution >= 4 is 23.2 Å². The second-order valence-electron chi connectivity index (χ2n) is 9.33. The van der Waals surface area contributed by atoms with Crippen LogP contribution >= 0.6 is 0 Å². The van der Waals surface area contributed by atoms with Crippen molar-refractivity contribution in [2.75, 3.05) is 25.1 Å². The Kier molecular flexibility index (Phi) is 7.55. The van der Waals surface area contributed by atoms with E-state index in [-0.39, 0.29) is 17.2 Å². The summed E-state index contributed by atoms with van der Waals surface area (Å²) in [5, 5.41) is 17.8. The Morgan fingerprint density at radius 1 is 1.11 bits per heavy atom. The minimum atomic E-state index is -0.504. The number of carbonyl (C=O) groups is 1. The third-order valence-corrected chi connectivity index (χ3v) is 6.66. The van der Waals surface area contributed by atoms with Gasteiger partial charge in [0.25, 0.3) is 11.6 Å². The molecule has 6 rings (SSSR count). The van der Waals surface area contributed by atoms with Gasteiger partial charge in [0.05, 0.1) is 29.4 Å². The molecule has 0 saturated heterocycles. The number of carbonyl (C=O) groups excluding carboxylic acids is 1. The Balaban J connectivity index is 1.46. The van der Waals surface area contributed by atoms with Crippen molar-refractivity contribution in [3.05, 3.63) is 69.9 Å². The number of hydrogen-bond donors (Lipinski definition) is 2. The highest BCUT2D eigenvalue weighted by atomic mass is 16.6. The molecule has 2 aliphatic heterocycles. The predicted octanol–water partition coefficient (Wildman–Crippen LogP) is 5.01. The van der Waals surface area contributed by atoms with E-state index in [9.17, 15) is 14.9 Å². The van der Waals surface area contributed by atoms with Gasteiger partial charge in [0.2, 0.25) is 5.95 Å². The molecule has 0 radical (unpaired) electrons. The quantitative estimate of drug-likeness (QED) is 0.375. The fourth-order valence-electron chi connectivity index (χ4n) is 4.33. The van der Waals surface area contributed by atoms with Gasteiger partial charge in [0.15, 0.2) is 0 Å². The average Bonchev–Trinajstić information content (AvgIpc) is 2.87. The highest BCUT2D eigenvalue weighted by Gasteiger charge is 2.21. The standard InChI is InChI=1S/C27H29N5O5/c33-26-19-6-8-22(24(15-19)32(34)35)23-10-12-29-27(31-23)30-21-7-9-25(37-16-18-4-3-5-18)20(14-21)17-36-13-2-1-11-28-26/h6-10,12,14-15,18H,1-5,11,13,16-17H2,(H,28,33)(H,29,30,31). The zero-order valence-corrected chi connectivity index (χ0v) is 20.4. The molecule has 3 aliphatic rings. The molecule has 0 atom stereocenters. The molecule has 2 aromatic carbocycles. The lowest BCUT2D eigenvalue weighted by Crippen LogP contribution is -2.24. The number of rotatable bonds is 4. The number of aromatic nitrogens is 2. The molecule has 192 valence electrons. The summed E-state index contributed by atoms with van der Waals surface area (Å²) in [5.74, 6) is 1.34. The average molecular weight is 504 g/mol. The molecule has 2 N–H and O–H groups in total. The van der Waals surface area contributed by atoms with Gasteiger partial charge in [-0.25, -0.2) is 9.97 Å². The maximum atomic E-state index is 12.6. The fraction of sp³-hybridized carbons (Fsp3) is 0.370. The van der Waals surface area contributed by atoms with Crippen LogP contribution in [0.4, 0.5) is 17.3 Å². The Hall–Kier alpha value is -4.05. The molecule has 0 spiro atoms. The monoisotopic (exact) mass is 503 g/mol. The van der Waals surface area contributed by atoms with Crippen molar-refractivity contribution in [1.82, 2.24) is 15.3 Å². The molecule has 6 bridgehead atoms. The van der Waals surface area contributed by atoms with Gasteiger partial charge in [-0.15, -0.1) is 0 Å². The molecule has 1 fully saturated rings. The number of nitro groups is 1. The maximum absolute atomic E-state index is 12.6. The minimum Gasteiger partial charge on any atom is -0.493 e. The molecule has 1 amide bonds. The van der Waals surface area contributed by atoms with Crippen molar-refractivity contribution < 1.29 is 19.2 Å². The summed E-state index contributed by atoms with van der Waals surface area (Å²) < 4.78 is 12.1. The topological polar surface area (TPSA) is 129 Å². The van der Waals surface area contributed by atoms with E-state index in [4.69, 9.17) is 9.47 Å². The summed E-state index contributed by atoms with van der Waals surface area (Å²) in [6.07, 6.45) is 6.69. The van der Waals surface area contributed by atoms with E-state index >= 15 is 0 Å². The van der Waals surface area contributed by atoms with Crippen LogP contribution in [0.15, 0.2) is 48.7 Å². The summed E-state index contributed by atoms with van der Waals surface area (Å²) in [4.78, 5) is 32.7. The normalized spacial score (nSPS) is 16.4. The molecule has 3 heterocycles. The van der Waals surface area contributed by atoms with Crippen LogP contribution in [0.3, 0.4) is 0 Å². The SMILES string of the molecule is O=C1NCCCCOCc2cc(ccc2OCC2CCC2)Nc2nccc(n2)-c2ccc1cc2[N+](=O)[O-]. The Morgan fingerprint density at radius 2 is 2.00 bits per heavy atom. The number of nitrogens with zero attached hydrogens (tertiary/aromatic N) is 3. The molecule has 1 aromatic heterocycles. The molecular weight excluding hydrogens is 474 g/mol. The number of fused-ring (bicyclic) bond motifs is 9. The van der Waals surface area contributed by atoms with Crippen LogP contribution in [0, 0.1) is 16.0 Å². The van der Waals surface area contributed by atoms with Gasteiger partial charge in [-0.2, -0.15) is 0 Å². The van der Waals surface area contributed by atoms with E-state index in [0.29, 0.717) is 49.5 Å². The van der Waals surface area contributed by atoms with Crippen molar-refractivity contribution in [2.45, 2.75) is 38.7 Å². The molecule has 1 aliphatic carbocycles. The zero-order chi connectivity index (χ0) is 25.6. The smallest absolute Gasteiger partial charge is 0.279 e. The summed E-state index contributed by atoms with van der Waals surface area (Å²) in [6, 6.07) is 11.8. The lowest BCUT2D eigenvalue weighted by molar-refractivity contribution is -0.384. The van der Waals surface area contributed by atoms with Crippen LogP contribution in [0.2, 0.25) is 0 Å². The lowest BCUT2D eigenvalue weighted by Gasteiger charge is -2.25. The number of amides is 1. The van der Waals surface area contributed by atoms with Gasteiger partial charge >= 0.3 is 0 Å². The summed E-state index contributed by atoms with van der Waals surface area (Å²) in [5.41, 5.74) is 2.38. The molecule has 37 heavy (non-hydrogen) atoms. The van der Waals surface area contributed by atoms with Gasteiger partial charge in [-0.1, -0.05) is 6.42 Å². The zero-order valence-electron chi connectivity index (χ0n) is 20.4. The van der Waals surface area contributed by atoms with Crippen LogP contribution in [0.25, 0.3) is 11.3 Å². The number of nitro benzene ring substituents is 1. The first-order valence-electron chi connectivity index (χ1n) is 12.6. The highest BCUT2D eigenvalue weighted by molar-refractivity contribution is 5.96. The fourth-order valence-corrected chi connectivity index (χ4v) is 4.33. The van der Waals surface area contributed by atoms with Crippen LogP contribution in [-0.2, 0) is 11.3 Å². The Labute approximate surface area is 214 Å². The number of ether oxygens (including phenoxy) is 2. The molecule has 3 aromatic rings. The summed E-state index contributed by atoms with van der Waals surface area (Å²) in [6.45, 7) is 2.06. The second kappa shape index (κ2) is 11.3. The number of nitrogens with one attached hydrogen (secondary N) is 2. The van der Waals surface area contributed by atoms with Crippen molar-refractivity contribution in [3.63, 3.8) is 0 Å². The number of benzene rings is 2. The van der Waals surface area contributed by atoms with Crippen LogP contribution in [-0.4, -0.2) is 40.6 Å². The maximum Gasteiger partial charge on any atom is 0.279 e. The van der Waals surface area contributed by atoms with Crippen LogP contribution in [0.1, 0.15) is 48.0 Å². The van der Waals surface area contributed by atoms with Crippen LogP contribution in [0.5, 0.6) is 5.75 Å². The highest BCUT2D eigenvalue weighted by Crippen LogP contribution is 2.32. The predicted molar refractivity (Wildman–Crippen MR) is 138 cm³/mol.